The first-order valence-electron chi connectivity index (χ1n) is 6.48. The van der Waals surface area contributed by atoms with E-state index in [1.165, 1.54) is 19.1 Å². The number of β-lactam (4-membered cyclic amide) rings is 1. The molecule has 0 spiro atoms. The minimum absolute atomic E-state index is 0.146. The zero-order valence-electron chi connectivity index (χ0n) is 12.1. The zero-order valence-corrected chi connectivity index (χ0v) is 12.1. The van der Waals surface area contributed by atoms with E-state index in [1.807, 2.05) is 5.32 Å². The number of methoxy groups -OCH3 is 2. The second-order valence-corrected chi connectivity index (χ2v) is 4.70. The SMILES string of the molecule is COc1ccc(CN2C(=O)[C@@H](NC(=O)O)[C@H]2C=O)c(OC)c1. The molecule has 0 aliphatic carbocycles. The Morgan fingerprint density at radius 3 is 2.68 bits per heavy atom. The smallest absolute Gasteiger partial charge is 0.405 e. The summed E-state index contributed by atoms with van der Waals surface area (Å²) in [5.74, 6) is 0.678. The van der Waals surface area contributed by atoms with Gasteiger partial charge in [0.2, 0.25) is 5.91 Å². The number of hydrogen-bond acceptors (Lipinski definition) is 5. The summed E-state index contributed by atoms with van der Waals surface area (Å²) in [5, 5.41) is 10.7. The maximum Gasteiger partial charge on any atom is 0.405 e. The van der Waals surface area contributed by atoms with Crippen molar-refractivity contribution in [3.05, 3.63) is 23.8 Å². The van der Waals surface area contributed by atoms with Crippen LogP contribution in [-0.2, 0) is 16.1 Å². The van der Waals surface area contributed by atoms with Gasteiger partial charge < -0.3 is 29.6 Å². The van der Waals surface area contributed by atoms with E-state index >= 15 is 0 Å². The second-order valence-electron chi connectivity index (χ2n) is 4.70. The molecule has 0 radical (unpaired) electrons. The van der Waals surface area contributed by atoms with Crippen molar-refractivity contribution in [3.63, 3.8) is 0 Å². The van der Waals surface area contributed by atoms with Crippen molar-refractivity contribution in [2.75, 3.05) is 14.2 Å². The molecule has 1 aromatic carbocycles. The Kier molecular flexibility index (Phi) is 4.50. The van der Waals surface area contributed by atoms with Crippen molar-refractivity contribution >= 4 is 18.3 Å². The Labute approximate surface area is 126 Å². The number of amides is 2. The van der Waals surface area contributed by atoms with Crippen molar-refractivity contribution in [3.8, 4) is 11.5 Å². The molecular formula is C14H16N2O6. The molecule has 1 aliphatic rings. The van der Waals surface area contributed by atoms with Gasteiger partial charge in [0.25, 0.3) is 0 Å². The summed E-state index contributed by atoms with van der Waals surface area (Å²) in [7, 11) is 3.01. The van der Waals surface area contributed by atoms with Crippen LogP contribution in [0, 0.1) is 0 Å². The second kappa shape index (κ2) is 6.33. The topological polar surface area (TPSA) is 105 Å². The quantitative estimate of drug-likeness (QED) is 0.576. The van der Waals surface area contributed by atoms with Crippen LogP contribution < -0.4 is 14.8 Å². The molecule has 1 aromatic rings. The van der Waals surface area contributed by atoms with E-state index in [2.05, 4.69) is 0 Å². The minimum atomic E-state index is -1.34. The highest BCUT2D eigenvalue weighted by Crippen LogP contribution is 2.29. The van der Waals surface area contributed by atoms with E-state index in [-0.39, 0.29) is 6.54 Å². The summed E-state index contributed by atoms with van der Waals surface area (Å²) in [4.78, 5) is 35.0. The number of carboxylic acid groups (broad SMARTS) is 1. The van der Waals surface area contributed by atoms with Crippen LogP contribution in [0.1, 0.15) is 5.56 Å². The van der Waals surface area contributed by atoms with Gasteiger partial charge in [-0.15, -0.1) is 0 Å². The Bertz CT molecular complexity index is 603. The number of benzene rings is 1. The Hall–Kier alpha value is -2.77. The summed E-state index contributed by atoms with van der Waals surface area (Å²) in [6.45, 7) is 0.146. The number of rotatable bonds is 6. The third-order valence-electron chi connectivity index (χ3n) is 3.50. The van der Waals surface area contributed by atoms with Crippen molar-refractivity contribution in [2.45, 2.75) is 18.6 Å². The van der Waals surface area contributed by atoms with Crippen LogP contribution in [0.4, 0.5) is 4.79 Å². The number of nitrogens with zero attached hydrogens (tertiary/aromatic N) is 1. The standard InChI is InChI=1S/C14H16N2O6/c1-21-9-4-3-8(11(5-9)22-2)6-16-10(7-17)12(13(16)18)15-14(19)20/h3-5,7,10,12,15H,6H2,1-2H3,(H,19,20)/t10-,12+/m1/s1. The number of likely N-dealkylation sites (tertiary alicyclic amines) is 1. The molecule has 118 valence electrons. The fourth-order valence-corrected chi connectivity index (χ4v) is 2.35. The average Bonchev–Trinajstić information content (AvgIpc) is 2.52. The van der Waals surface area contributed by atoms with E-state index < -0.39 is 24.1 Å². The number of nitrogens with one attached hydrogen (secondary N) is 1. The van der Waals surface area contributed by atoms with Crippen LogP contribution in [0.15, 0.2) is 18.2 Å². The summed E-state index contributed by atoms with van der Waals surface area (Å²) < 4.78 is 10.3. The molecule has 1 heterocycles. The number of carbonyl (C=O) groups is 3. The molecule has 0 saturated carbocycles. The molecule has 2 atom stereocenters. The number of ether oxygens (including phenoxy) is 2. The molecule has 2 amide bonds. The molecule has 2 N–H and O–H groups in total. The van der Waals surface area contributed by atoms with E-state index in [1.54, 1.807) is 18.2 Å². The van der Waals surface area contributed by atoms with Crippen LogP contribution in [0.3, 0.4) is 0 Å². The van der Waals surface area contributed by atoms with Gasteiger partial charge in [0.15, 0.2) is 0 Å². The molecule has 1 fully saturated rings. The van der Waals surface area contributed by atoms with Crippen molar-refractivity contribution in [2.24, 2.45) is 0 Å². The van der Waals surface area contributed by atoms with Crippen LogP contribution in [0.5, 0.6) is 11.5 Å². The first kappa shape index (κ1) is 15.6. The maximum absolute atomic E-state index is 12.0. The van der Waals surface area contributed by atoms with Crippen molar-refractivity contribution < 1.29 is 29.0 Å². The number of carbonyl (C=O) groups excluding carboxylic acids is 2. The van der Waals surface area contributed by atoms with Crippen LogP contribution in [0.25, 0.3) is 0 Å². The largest absolute Gasteiger partial charge is 0.497 e. The lowest BCUT2D eigenvalue weighted by Crippen LogP contribution is -2.70. The highest BCUT2D eigenvalue weighted by molar-refractivity contribution is 5.98. The molecule has 8 nitrogen and oxygen atoms in total. The fraction of sp³-hybridized carbons (Fsp3) is 0.357. The molecule has 1 aliphatic heterocycles. The molecule has 0 unspecified atom stereocenters. The monoisotopic (exact) mass is 308 g/mol. The highest BCUT2D eigenvalue weighted by atomic mass is 16.5. The van der Waals surface area contributed by atoms with Crippen molar-refractivity contribution in [1.82, 2.24) is 10.2 Å². The predicted octanol–water partition coefficient (Wildman–Crippen LogP) is 0.250. The van der Waals surface area contributed by atoms with E-state index in [9.17, 15) is 14.4 Å². The lowest BCUT2D eigenvalue weighted by Gasteiger charge is -2.43. The first-order chi connectivity index (χ1) is 10.5. The Morgan fingerprint density at radius 2 is 2.14 bits per heavy atom. The van der Waals surface area contributed by atoms with Gasteiger partial charge in [-0.05, 0) is 12.1 Å². The highest BCUT2D eigenvalue weighted by Gasteiger charge is 2.48. The number of aldehydes is 1. The molecule has 2 rings (SSSR count). The lowest BCUT2D eigenvalue weighted by atomic mass is 9.95. The van der Waals surface area contributed by atoms with Gasteiger partial charge in [0.1, 0.15) is 29.9 Å². The fourth-order valence-electron chi connectivity index (χ4n) is 2.35. The number of hydrogen-bond donors (Lipinski definition) is 2. The van der Waals surface area contributed by atoms with E-state index in [4.69, 9.17) is 14.6 Å². The third-order valence-corrected chi connectivity index (χ3v) is 3.50. The summed E-state index contributed by atoms with van der Waals surface area (Å²) in [5.41, 5.74) is 0.692. The third kappa shape index (κ3) is 2.80. The van der Waals surface area contributed by atoms with Gasteiger partial charge in [-0.1, -0.05) is 0 Å². The zero-order chi connectivity index (χ0) is 16.3. The van der Waals surface area contributed by atoms with Gasteiger partial charge in [-0.2, -0.15) is 0 Å². The summed E-state index contributed by atoms with van der Waals surface area (Å²) in [6, 6.07) is 3.26. The van der Waals surface area contributed by atoms with Gasteiger partial charge in [0, 0.05) is 11.6 Å². The predicted molar refractivity (Wildman–Crippen MR) is 74.9 cm³/mol. The van der Waals surface area contributed by atoms with E-state index in [0.717, 1.165) is 0 Å². The van der Waals surface area contributed by atoms with E-state index in [0.29, 0.717) is 23.3 Å². The first-order valence-corrected chi connectivity index (χ1v) is 6.48. The Morgan fingerprint density at radius 1 is 1.41 bits per heavy atom. The normalized spacial score (nSPS) is 20.1. The van der Waals surface area contributed by atoms with Crippen molar-refractivity contribution in [1.29, 1.82) is 0 Å². The molecular weight excluding hydrogens is 292 g/mol. The summed E-state index contributed by atoms with van der Waals surface area (Å²) in [6.07, 6.45) is -0.787. The van der Waals surface area contributed by atoms with Crippen LogP contribution >= 0.6 is 0 Å². The Balaban J connectivity index is 2.15. The summed E-state index contributed by atoms with van der Waals surface area (Å²) >= 11 is 0. The maximum atomic E-state index is 12.0. The van der Waals surface area contributed by atoms with Gasteiger partial charge in [0.05, 0.1) is 20.8 Å². The molecule has 1 saturated heterocycles. The lowest BCUT2D eigenvalue weighted by molar-refractivity contribution is -0.154. The average molecular weight is 308 g/mol. The molecule has 0 aromatic heterocycles. The minimum Gasteiger partial charge on any atom is -0.497 e. The molecule has 8 heteroatoms. The molecule has 0 bridgehead atoms. The van der Waals surface area contributed by atoms with Gasteiger partial charge in [-0.25, -0.2) is 4.79 Å². The van der Waals surface area contributed by atoms with Crippen LogP contribution in [0.2, 0.25) is 0 Å². The van der Waals surface area contributed by atoms with Gasteiger partial charge >= 0.3 is 6.09 Å². The molecule has 22 heavy (non-hydrogen) atoms. The van der Waals surface area contributed by atoms with Gasteiger partial charge in [-0.3, -0.25) is 4.79 Å². The van der Waals surface area contributed by atoms with Crippen LogP contribution in [-0.4, -0.2) is 54.6 Å².